The molecule has 9 heteroatoms. The summed E-state index contributed by atoms with van der Waals surface area (Å²) in [5.41, 5.74) is 0. The monoisotopic (exact) mass is 1150 g/mol. The number of hydrogen-bond donors (Lipinski definition) is 1. The third-order valence-corrected chi connectivity index (χ3v) is 13.9. The number of unbranched alkanes of at least 4 members (excludes halogenated alkanes) is 23. The van der Waals surface area contributed by atoms with Crippen LogP contribution in [0.4, 0.5) is 0 Å². The summed E-state index contributed by atoms with van der Waals surface area (Å²) in [4.78, 5) is 37.5. The van der Waals surface area contributed by atoms with E-state index in [0.29, 0.717) is 17.4 Å². The largest absolute Gasteiger partial charge is 0.477 e. The molecular weight excluding hydrogens is 1030 g/mol. The number of carbonyl (C=O) groups excluding carboxylic acids is 2. The van der Waals surface area contributed by atoms with Crippen molar-refractivity contribution in [3.63, 3.8) is 0 Å². The molecule has 0 heterocycles. The van der Waals surface area contributed by atoms with Gasteiger partial charge in [-0.1, -0.05) is 282 Å². The van der Waals surface area contributed by atoms with Crippen LogP contribution in [0.2, 0.25) is 0 Å². The van der Waals surface area contributed by atoms with Gasteiger partial charge in [0.25, 0.3) is 6.29 Å². The highest BCUT2D eigenvalue weighted by molar-refractivity contribution is 5.71. The first-order chi connectivity index (χ1) is 40.6. The number of carboxylic acids is 1. The van der Waals surface area contributed by atoms with E-state index in [0.717, 1.165) is 89.9 Å². The molecule has 472 valence electrons. The summed E-state index contributed by atoms with van der Waals surface area (Å²) in [5.74, 6) is -2.12. The first-order valence-corrected chi connectivity index (χ1v) is 33.3. The molecule has 83 heavy (non-hydrogen) atoms. The number of quaternary nitrogens is 1. The molecule has 0 aromatic carbocycles. The van der Waals surface area contributed by atoms with E-state index >= 15 is 0 Å². The van der Waals surface area contributed by atoms with E-state index in [1.165, 1.54) is 135 Å². The van der Waals surface area contributed by atoms with Crippen LogP contribution >= 0.6 is 0 Å². The van der Waals surface area contributed by atoms with Crippen LogP contribution in [0.1, 0.15) is 258 Å². The second-order valence-electron chi connectivity index (χ2n) is 23.0. The van der Waals surface area contributed by atoms with E-state index in [1.54, 1.807) is 0 Å². The minimum Gasteiger partial charge on any atom is -0.477 e. The zero-order valence-corrected chi connectivity index (χ0v) is 53.8. The fraction of sp³-hybridized carbons (Fsp3) is 0.662. The van der Waals surface area contributed by atoms with E-state index in [1.807, 2.05) is 33.3 Å². The van der Waals surface area contributed by atoms with Crippen molar-refractivity contribution in [3.8, 4) is 0 Å². The molecule has 0 saturated carbocycles. The van der Waals surface area contributed by atoms with Gasteiger partial charge in [0.05, 0.1) is 34.4 Å². The molecule has 2 unspecified atom stereocenters. The third kappa shape index (κ3) is 64.8. The molecule has 0 aliphatic heterocycles. The maximum absolute atomic E-state index is 12.8. The predicted octanol–water partition coefficient (Wildman–Crippen LogP) is 20.6. The van der Waals surface area contributed by atoms with E-state index in [9.17, 15) is 19.5 Å². The number of carbonyl (C=O) groups is 3. The minimum absolute atomic E-state index is 0.130. The number of hydrogen-bond acceptors (Lipinski definition) is 7. The smallest absolute Gasteiger partial charge is 0.361 e. The highest BCUT2D eigenvalue weighted by Gasteiger charge is 2.25. The van der Waals surface area contributed by atoms with Gasteiger partial charge in [0, 0.05) is 12.8 Å². The molecule has 2 atom stereocenters. The Morgan fingerprint density at radius 3 is 1.01 bits per heavy atom. The number of esters is 2. The number of allylic oxidation sites excluding steroid dienone is 22. The van der Waals surface area contributed by atoms with Crippen molar-refractivity contribution in [1.29, 1.82) is 0 Å². The van der Waals surface area contributed by atoms with Gasteiger partial charge in [-0.15, -0.1) is 0 Å². The molecule has 0 aromatic heterocycles. The lowest BCUT2D eigenvalue weighted by Crippen LogP contribution is -2.40. The van der Waals surface area contributed by atoms with Crippen LogP contribution in [0.5, 0.6) is 0 Å². The number of likely N-dealkylation sites (N-methyl/N-ethyl adjacent to an activating group) is 1. The molecule has 0 radical (unpaired) electrons. The maximum Gasteiger partial charge on any atom is 0.361 e. The van der Waals surface area contributed by atoms with E-state index in [-0.39, 0.29) is 38.6 Å². The van der Waals surface area contributed by atoms with Crippen LogP contribution in [-0.4, -0.2) is 87.4 Å². The Morgan fingerprint density at radius 2 is 0.675 bits per heavy atom. The number of aliphatic carboxylic acids is 1. The van der Waals surface area contributed by atoms with Gasteiger partial charge in [0.15, 0.2) is 6.10 Å². The molecular formula is C74H124NO8+. The van der Waals surface area contributed by atoms with Crippen LogP contribution in [0.25, 0.3) is 0 Å². The van der Waals surface area contributed by atoms with Crippen LogP contribution < -0.4 is 0 Å². The van der Waals surface area contributed by atoms with Crippen molar-refractivity contribution in [1.82, 2.24) is 0 Å². The number of ether oxygens (including phenoxy) is 4. The number of rotatable bonds is 60. The lowest BCUT2D eigenvalue weighted by atomic mass is 10.0. The lowest BCUT2D eigenvalue weighted by Gasteiger charge is -2.25. The van der Waals surface area contributed by atoms with Crippen molar-refractivity contribution in [2.75, 3.05) is 47.5 Å². The van der Waals surface area contributed by atoms with Gasteiger partial charge in [0.1, 0.15) is 13.2 Å². The van der Waals surface area contributed by atoms with Crippen molar-refractivity contribution in [2.45, 2.75) is 270 Å². The van der Waals surface area contributed by atoms with Gasteiger partial charge in [0.2, 0.25) is 0 Å². The summed E-state index contributed by atoms with van der Waals surface area (Å²) < 4.78 is 22.8. The average molecular weight is 1160 g/mol. The van der Waals surface area contributed by atoms with Gasteiger partial charge in [-0.25, -0.2) is 4.79 Å². The summed E-state index contributed by atoms with van der Waals surface area (Å²) >= 11 is 0. The molecule has 0 fully saturated rings. The molecule has 0 saturated heterocycles. The predicted molar refractivity (Wildman–Crippen MR) is 354 cm³/mol. The van der Waals surface area contributed by atoms with E-state index in [2.05, 4.69) is 135 Å². The van der Waals surface area contributed by atoms with Crippen molar-refractivity contribution >= 4 is 17.9 Å². The fourth-order valence-corrected chi connectivity index (χ4v) is 8.89. The van der Waals surface area contributed by atoms with Gasteiger partial charge < -0.3 is 28.5 Å². The van der Waals surface area contributed by atoms with E-state index < -0.39 is 24.3 Å². The minimum atomic E-state index is -1.54. The lowest BCUT2D eigenvalue weighted by molar-refractivity contribution is -0.870. The molecule has 0 aliphatic rings. The van der Waals surface area contributed by atoms with Crippen LogP contribution in [0, 0.1) is 0 Å². The Balaban J connectivity index is 4.07. The Kier molecular flexibility index (Phi) is 60.0. The maximum atomic E-state index is 12.8. The summed E-state index contributed by atoms with van der Waals surface area (Å²) in [6.07, 6.45) is 88.8. The Bertz CT molecular complexity index is 1820. The summed E-state index contributed by atoms with van der Waals surface area (Å²) in [5, 5.41) is 9.71. The molecule has 0 bridgehead atoms. The number of carboxylic acid groups (broad SMARTS) is 1. The second kappa shape index (κ2) is 63.5. The third-order valence-electron chi connectivity index (χ3n) is 13.9. The summed E-state index contributed by atoms with van der Waals surface area (Å²) in [7, 11) is 5.94. The zero-order chi connectivity index (χ0) is 60.5. The topological polar surface area (TPSA) is 108 Å². The molecule has 0 rings (SSSR count). The van der Waals surface area contributed by atoms with Crippen molar-refractivity contribution in [3.05, 3.63) is 134 Å². The molecule has 0 spiro atoms. The fourth-order valence-electron chi connectivity index (χ4n) is 8.89. The average Bonchev–Trinajstić information content (AvgIpc) is 3.46. The van der Waals surface area contributed by atoms with Crippen LogP contribution in [0.15, 0.2) is 134 Å². The zero-order valence-electron chi connectivity index (χ0n) is 53.8. The Morgan fingerprint density at radius 1 is 0.361 bits per heavy atom. The van der Waals surface area contributed by atoms with Crippen LogP contribution in [-0.2, 0) is 33.3 Å². The SMILES string of the molecule is CC/C=C\C/C=C\C/C=C\C/C=C\C/C=C\C/C=C\CCC(=O)OC(COC(=O)CCCCCCCCCCCCCCCCCCCCCCCCC/C=C\C/C=C\C/C=C\C/C=C\C/C=C\CC)COC(OCC[N+](C)(C)C)C(=O)O. The normalized spacial score (nSPS) is 13.6. The van der Waals surface area contributed by atoms with Gasteiger partial charge in [-0.2, -0.15) is 0 Å². The van der Waals surface area contributed by atoms with Gasteiger partial charge in [-0.3, -0.25) is 9.59 Å². The quantitative estimate of drug-likeness (QED) is 0.0211. The molecule has 0 amide bonds. The molecule has 0 aromatic rings. The summed E-state index contributed by atoms with van der Waals surface area (Å²) in [6, 6.07) is 0. The first kappa shape index (κ1) is 78.4. The molecule has 0 aliphatic carbocycles. The Labute approximate surface area is 509 Å². The van der Waals surface area contributed by atoms with Crippen molar-refractivity contribution in [2.24, 2.45) is 0 Å². The van der Waals surface area contributed by atoms with Gasteiger partial charge >= 0.3 is 17.9 Å². The Hall–Kier alpha value is -4.57. The highest BCUT2D eigenvalue weighted by atomic mass is 16.7. The van der Waals surface area contributed by atoms with E-state index in [4.69, 9.17) is 18.9 Å². The van der Waals surface area contributed by atoms with Gasteiger partial charge in [-0.05, 0) is 96.3 Å². The van der Waals surface area contributed by atoms with Crippen LogP contribution in [0.3, 0.4) is 0 Å². The summed E-state index contributed by atoms with van der Waals surface area (Å²) in [6.45, 7) is 4.56. The highest BCUT2D eigenvalue weighted by Crippen LogP contribution is 2.17. The second-order valence-corrected chi connectivity index (χ2v) is 23.0. The first-order valence-electron chi connectivity index (χ1n) is 33.3. The number of nitrogens with zero attached hydrogens (tertiary/aromatic N) is 1. The van der Waals surface area contributed by atoms with Crippen molar-refractivity contribution < 1.29 is 42.9 Å². The molecule has 9 nitrogen and oxygen atoms in total. The standard InChI is InChI=1S/C74H123NO8/c1-6-8-10-12-14-16-18-20-22-24-26-27-28-29-30-31-32-33-34-35-36-37-38-39-40-41-42-43-44-45-47-48-50-52-54-56-58-60-62-64-71(76)81-68-70(69-82-74(73(78)79)80-67-66-75(3,4)5)83-72(77)65-63-61-59-57-55-53-51-49-46-25-23-21-19-17-15-13-11-9-7-2/h8-11,14-17,20-23,26-27,29-30,46,49,53,55,59,61,70,74H,6-7,12-13,18-19,24-25,28,31-45,47-48,50-52,54,56-58,60,62-69H2,1-5H3/p+1/b10-8-,11-9-,16-14-,17-15-,22-20-,23-21-,27-26-,30-29-,49-46-,55-53-,61-59-. The molecule has 1 N–H and O–H groups in total.